The smallest absolute Gasteiger partial charge is 0.147 e. The van der Waals surface area contributed by atoms with E-state index in [4.69, 9.17) is 8.83 Å². The number of para-hydroxylation sites is 3. The topological polar surface area (TPSA) is 31.2 Å². The van der Waals surface area contributed by atoms with Crippen molar-refractivity contribution >= 4 is 76.3 Å². The molecule has 0 aliphatic rings. The summed E-state index contributed by atoms with van der Waals surface area (Å²) in [5.74, 6) is 0. The molecule has 0 bridgehead atoms. The lowest BCUT2D eigenvalue weighted by Crippen LogP contribution is -1.93. The van der Waals surface area contributed by atoms with Crippen molar-refractivity contribution in [2.75, 3.05) is 0 Å². The first-order chi connectivity index (χ1) is 24.3. The number of hydrogen-bond donors (Lipinski definition) is 0. The molecule has 0 unspecified atom stereocenters. The van der Waals surface area contributed by atoms with Crippen LogP contribution in [-0.4, -0.2) is 4.57 Å². The number of furan rings is 2. The Bertz CT molecular complexity index is 3050. The van der Waals surface area contributed by atoms with Crippen LogP contribution >= 0.6 is 0 Å². The van der Waals surface area contributed by atoms with Crippen LogP contribution in [0, 0.1) is 0 Å². The second kappa shape index (κ2) is 9.96. The number of rotatable bonds is 3. The molecule has 11 rings (SSSR count). The van der Waals surface area contributed by atoms with Gasteiger partial charge in [0.1, 0.15) is 16.7 Å². The van der Waals surface area contributed by atoms with Gasteiger partial charge in [0, 0.05) is 38.4 Å². The molecule has 3 nitrogen and oxygen atoms in total. The first kappa shape index (κ1) is 26.5. The normalized spacial score (nSPS) is 12.1. The molecule has 0 radical (unpaired) electrons. The third kappa shape index (κ3) is 3.67. The molecule has 0 spiro atoms. The van der Waals surface area contributed by atoms with Crippen molar-refractivity contribution in [3.05, 3.63) is 164 Å². The molecule has 0 N–H and O–H groups in total. The zero-order chi connectivity index (χ0) is 32.1. The van der Waals surface area contributed by atoms with E-state index in [9.17, 15) is 0 Å². The molecule has 0 aliphatic carbocycles. The molecule has 49 heavy (non-hydrogen) atoms. The first-order valence-electron chi connectivity index (χ1n) is 16.7. The molecule has 0 aliphatic heterocycles. The van der Waals surface area contributed by atoms with E-state index in [0.29, 0.717) is 0 Å². The molecule has 11 aromatic rings. The maximum Gasteiger partial charge on any atom is 0.147 e. The van der Waals surface area contributed by atoms with Gasteiger partial charge in [0.25, 0.3) is 0 Å². The van der Waals surface area contributed by atoms with E-state index in [1.54, 1.807) is 6.26 Å². The Balaban J connectivity index is 1.25. The van der Waals surface area contributed by atoms with Crippen LogP contribution in [0.25, 0.3) is 104 Å². The SMILES string of the molecule is c1ccc(-n2c3ccccc3c3cc(-c4c5ccccc5c(-c5cc6ccoc6c6c5oc5ccccc56)c5ccccc45)ccc32)cc1. The van der Waals surface area contributed by atoms with E-state index in [2.05, 4.69) is 150 Å². The van der Waals surface area contributed by atoms with Crippen LogP contribution in [0.5, 0.6) is 0 Å². The molecule has 0 saturated heterocycles. The van der Waals surface area contributed by atoms with Crippen LogP contribution < -0.4 is 0 Å². The lowest BCUT2D eigenvalue weighted by molar-refractivity contribution is 0.618. The van der Waals surface area contributed by atoms with Gasteiger partial charge in [-0.05, 0) is 81.2 Å². The van der Waals surface area contributed by atoms with Crippen molar-refractivity contribution < 1.29 is 8.83 Å². The molecular weight excluding hydrogens is 599 g/mol. The highest BCUT2D eigenvalue weighted by Crippen LogP contribution is 2.49. The van der Waals surface area contributed by atoms with E-state index < -0.39 is 0 Å². The molecule has 3 heterocycles. The Morgan fingerprint density at radius 3 is 1.80 bits per heavy atom. The lowest BCUT2D eigenvalue weighted by Gasteiger charge is -2.18. The van der Waals surface area contributed by atoms with E-state index in [0.717, 1.165) is 44.2 Å². The molecule has 8 aromatic carbocycles. The number of aromatic nitrogens is 1. The molecular formula is C46H27NO2. The summed E-state index contributed by atoms with van der Waals surface area (Å²) in [6.07, 6.45) is 1.78. The average Bonchev–Trinajstić information content (AvgIpc) is 3.88. The molecule has 3 heteroatoms. The predicted molar refractivity (Wildman–Crippen MR) is 204 cm³/mol. The summed E-state index contributed by atoms with van der Waals surface area (Å²) in [5, 5.41) is 10.4. The Morgan fingerprint density at radius 1 is 0.429 bits per heavy atom. The summed E-state index contributed by atoms with van der Waals surface area (Å²) < 4.78 is 15.1. The Kier molecular flexibility index (Phi) is 5.38. The van der Waals surface area contributed by atoms with Crippen molar-refractivity contribution in [2.24, 2.45) is 0 Å². The van der Waals surface area contributed by atoms with Crippen molar-refractivity contribution in [3.63, 3.8) is 0 Å². The van der Waals surface area contributed by atoms with Crippen LogP contribution in [0.15, 0.2) is 173 Å². The number of hydrogen-bond acceptors (Lipinski definition) is 2. The van der Waals surface area contributed by atoms with Gasteiger partial charge < -0.3 is 13.4 Å². The van der Waals surface area contributed by atoms with Gasteiger partial charge in [-0.2, -0.15) is 0 Å². The van der Waals surface area contributed by atoms with Gasteiger partial charge in [0.2, 0.25) is 0 Å². The fourth-order valence-corrected chi connectivity index (χ4v) is 8.22. The van der Waals surface area contributed by atoms with E-state index >= 15 is 0 Å². The van der Waals surface area contributed by atoms with Crippen molar-refractivity contribution in [1.29, 1.82) is 0 Å². The molecule has 228 valence electrons. The van der Waals surface area contributed by atoms with Crippen LogP contribution in [0.1, 0.15) is 0 Å². The van der Waals surface area contributed by atoms with Crippen molar-refractivity contribution in [2.45, 2.75) is 0 Å². The van der Waals surface area contributed by atoms with Gasteiger partial charge in [-0.25, -0.2) is 0 Å². The standard InChI is InChI=1S/C46H27NO2/c1-2-12-30(13-3-1)47-39-20-10-8-14-31(39)37-26-28(22-23-40(37)47)42-32-15-4-6-17-34(32)43(35-18-7-5-16-33(35)42)38-27-29-24-25-48-45(29)44-36-19-9-11-21-41(36)49-46(38)44/h1-27H. The lowest BCUT2D eigenvalue weighted by atomic mass is 9.85. The summed E-state index contributed by atoms with van der Waals surface area (Å²) in [5.41, 5.74) is 10.8. The van der Waals surface area contributed by atoms with E-state index in [-0.39, 0.29) is 0 Å². The summed E-state index contributed by atoms with van der Waals surface area (Å²) in [7, 11) is 0. The second-order valence-corrected chi connectivity index (χ2v) is 12.8. The van der Waals surface area contributed by atoms with Gasteiger partial charge in [-0.1, -0.05) is 109 Å². The molecule has 0 fully saturated rings. The van der Waals surface area contributed by atoms with E-state index in [1.807, 2.05) is 12.1 Å². The molecule has 0 saturated carbocycles. The summed E-state index contributed by atoms with van der Waals surface area (Å²) in [4.78, 5) is 0. The summed E-state index contributed by atoms with van der Waals surface area (Å²) >= 11 is 0. The second-order valence-electron chi connectivity index (χ2n) is 12.8. The van der Waals surface area contributed by atoms with Crippen molar-refractivity contribution in [3.8, 4) is 27.9 Å². The Hall–Kier alpha value is -6.58. The van der Waals surface area contributed by atoms with Crippen LogP contribution in [0.3, 0.4) is 0 Å². The maximum absolute atomic E-state index is 6.69. The third-order valence-electron chi connectivity index (χ3n) is 10.2. The van der Waals surface area contributed by atoms with Gasteiger partial charge in [0.15, 0.2) is 0 Å². The minimum absolute atomic E-state index is 0.849. The summed E-state index contributed by atoms with van der Waals surface area (Å²) in [6.45, 7) is 0. The van der Waals surface area contributed by atoms with Gasteiger partial charge >= 0.3 is 0 Å². The van der Waals surface area contributed by atoms with Gasteiger partial charge in [-0.15, -0.1) is 0 Å². The van der Waals surface area contributed by atoms with Crippen LogP contribution in [-0.2, 0) is 0 Å². The zero-order valence-electron chi connectivity index (χ0n) is 26.4. The third-order valence-corrected chi connectivity index (χ3v) is 10.2. The van der Waals surface area contributed by atoms with E-state index in [1.165, 1.54) is 60.0 Å². The monoisotopic (exact) mass is 625 g/mol. The van der Waals surface area contributed by atoms with Crippen LogP contribution in [0.2, 0.25) is 0 Å². The van der Waals surface area contributed by atoms with Crippen molar-refractivity contribution in [1.82, 2.24) is 4.57 Å². The van der Waals surface area contributed by atoms with Gasteiger partial charge in [-0.3, -0.25) is 0 Å². The Morgan fingerprint density at radius 2 is 1.04 bits per heavy atom. The van der Waals surface area contributed by atoms with Crippen LogP contribution in [0.4, 0.5) is 0 Å². The minimum Gasteiger partial charge on any atom is -0.464 e. The number of fused-ring (bicyclic) bond motifs is 10. The fraction of sp³-hybridized carbons (Fsp3) is 0. The number of benzene rings is 8. The van der Waals surface area contributed by atoms with Gasteiger partial charge in [0.05, 0.1) is 22.7 Å². The fourth-order valence-electron chi connectivity index (χ4n) is 8.22. The highest BCUT2D eigenvalue weighted by atomic mass is 16.3. The first-order valence-corrected chi connectivity index (χ1v) is 16.7. The highest BCUT2D eigenvalue weighted by molar-refractivity contribution is 6.28. The molecule has 0 atom stereocenters. The molecule has 3 aromatic heterocycles. The number of nitrogens with zero attached hydrogens (tertiary/aromatic N) is 1. The predicted octanol–water partition coefficient (Wildman–Crippen LogP) is 13.1. The maximum atomic E-state index is 6.69. The average molecular weight is 626 g/mol. The highest BCUT2D eigenvalue weighted by Gasteiger charge is 2.23. The summed E-state index contributed by atoms with van der Waals surface area (Å²) in [6, 6.07) is 56.5. The largest absolute Gasteiger partial charge is 0.464 e. The molecule has 0 amide bonds. The zero-order valence-corrected chi connectivity index (χ0v) is 26.4. The Labute approximate surface area is 280 Å². The quantitative estimate of drug-likeness (QED) is 0.183. The minimum atomic E-state index is 0.849.